The van der Waals surface area contributed by atoms with Gasteiger partial charge in [-0.05, 0) is 30.7 Å². The zero-order chi connectivity index (χ0) is 19.1. The summed E-state index contributed by atoms with van der Waals surface area (Å²) in [5.74, 6) is 0.0933. The molecule has 0 radical (unpaired) electrons. The first-order chi connectivity index (χ1) is 13.0. The van der Waals surface area contributed by atoms with Gasteiger partial charge in [-0.1, -0.05) is 12.1 Å². The number of fused-ring (bicyclic) bond motifs is 3. The van der Waals surface area contributed by atoms with Gasteiger partial charge in [0.15, 0.2) is 6.10 Å². The largest absolute Gasteiger partial charge is 0.489 e. The van der Waals surface area contributed by atoms with Crippen molar-refractivity contribution in [3.63, 3.8) is 0 Å². The van der Waals surface area contributed by atoms with Crippen LogP contribution in [0.2, 0.25) is 0 Å². The predicted molar refractivity (Wildman–Crippen MR) is 94.8 cm³/mol. The Kier molecular flexibility index (Phi) is 4.29. The molecule has 1 aromatic carbocycles. The van der Waals surface area contributed by atoms with E-state index in [0.29, 0.717) is 11.4 Å². The van der Waals surface area contributed by atoms with Crippen LogP contribution in [0.25, 0.3) is 11.1 Å². The summed E-state index contributed by atoms with van der Waals surface area (Å²) in [5, 5.41) is 18.7. The van der Waals surface area contributed by atoms with E-state index in [0.717, 1.165) is 11.1 Å². The van der Waals surface area contributed by atoms with Crippen LogP contribution in [0.4, 0.5) is 10.5 Å². The third-order valence-electron chi connectivity index (χ3n) is 4.75. The van der Waals surface area contributed by atoms with Crippen LogP contribution in [0.5, 0.6) is 5.75 Å². The molecule has 8 nitrogen and oxygen atoms in total. The second-order valence-electron chi connectivity index (χ2n) is 6.51. The van der Waals surface area contributed by atoms with E-state index in [1.165, 1.54) is 11.8 Å². The molecule has 0 saturated carbocycles. The number of carbonyl (C=O) groups is 2. The minimum Gasteiger partial charge on any atom is -0.489 e. The highest BCUT2D eigenvalue weighted by Crippen LogP contribution is 2.40. The molecule has 140 valence electrons. The monoisotopic (exact) mass is 370 g/mol. The van der Waals surface area contributed by atoms with Gasteiger partial charge >= 0.3 is 6.09 Å². The number of aliphatic hydroxyl groups is 2. The molecule has 0 bridgehead atoms. The van der Waals surface area contributed by atoms with Gasteiger partial charge in [0.05, 0.1) is 12.3 Å². The Morgan fingerprint density at radius 1 is 1.33 bits per heavy atom. The SMILES string of the molecule is C[C@@H](O)C(=O)c1ccc(-c2ccc3c(c2)OC[C@H]2[C@H](CO)OC(=O)N32)cn1. The molecule has 1 saturated heterocycles. The fourth-order valence-corrected chi connectivity index (χ4v) is 3.29. The van der Waals surface area contributed by atoms with Crippen molar-refractivity contribution in [2.75, 3.05) is 18.1 Å². The maximum absolute atomic E-state index is 12.1. The molecule has 1 amide bonds. The van der Waals surface area contributed by atoms with E-state index >= 15 is 0 Å². The van der Waals surface area contributed by atoms with Gasteiger partial charge < -0.3 is 19.7 Å². The number of Topliss-reactive ketones (excluding diaryl/α,β-unsaturated/α-hetero) is 1. The number of aliphatic hydroxyl groups excluding tert-OH is 2. The van der Waals surface area contributed by atoms with Gasteiger partial charge in [-0.15, -0.1) is 0 Å². The zero-order valence-corrected chi connectivity index (χ0v) is 14.5. The molecule has 8 heteroatoms. The van der Waals surface area contributed by atoms with Gasteiger partial charge in [-0.2, -0.15) is 0 Å². The number of cyclic esters (lactones) is 1. The zero-order valence-electron chi connectivity index (χ0n) is 14.5. The van der Waals surface area contributed by atoms with Crippen LogP contribution in [0.15, 0.2) is 36.5 Å². The normalized spacial score (nSPS) is 21.7. The fourth-order valence-electron chi connectivity index (χ4n) is 3.29. The van der Waals surface area contributed by atoms with E-state index in [2.05, 4.69) is 4.98 Å². The summed E-state index contributed by atoms with van der Waals surface area (Å²) in [4.78, 5) is 29.5. The van der Waals surface area contributed by atoms with Crippen LogP contribution in [0.1, 0.15) is 17.4 Å². The summed E-state index contributed by atoms with van der Waals surface area (Å²) in [6.07, 6.45) is -0.654. The van der Waals surface area contributed by atoms with Crippen molar-refractivity contribution in [1.82, 2.24) is 4.98 Å². The number of nitrogens with zero attached hydrogens (tertiary/aromatic N) is 2. The third-order valence-corrected chi connectivity index (χ3v) is 4.75. The van der Waals surface area contributed by atoms with Crippen molar-refractivity contribution in [2.24, 2.45) is 0 Å². The Labute approximate surface area is 155 Å². The standard InChI is InChI=1S/C19H18N2O6/c1-10(23)18(24)13-4-2-12(7-20-13)11-3-5-14-16(6-11)26-9-15-17(8-22)27-19(25)21(14)15/h2-7,10,15,17,22-23H,8-9H2,1H3/t10-,15+,17+/m1/s1. The van der Waals surface area contributed by atoms with Gasteiger partial charge in [-0.25, -0.2) is 4.79 Å². The predicted octanol–water partition coefficient (Wildman–Crippen LogP) is 1.39. The molecule has 2 N–H and O–H groups in total. The Bertz CT molecular complexity index is 896. The maximum atomic E-state index is 12.1. The lowest BCUT2D eigenvalue weighted by Crippen LogP contribution is -2.45. The van der Waals surface area contributed by atoms with Crippen molar-refractivity contribution in [3.05, 3.63) is 42.2 Å². The Balaban J connectivity index is 1.63. The average Bonchev–Trinajstić information content (AvgIpc) is 3.03. The molecule has 0 unspecified atom stereocenters. The quantitative estimate of drug-likeness (QED) is 0.783. The number of anilines is 1. The van der Waals surface area contributed by atoms with Crippen LogP contribution >= 0.6 is 0 Å². The number of ketones is 1. The highest BCUT2D eigenvalue weighted by atomic mass is 16.6. The summed E-state index contributed by atoms with van der Waals surface area (Å²) in [5.41, 5.74) is 2.36. The fraction of sp³-hybridized carbons (Fsp3) is 0.316. The lowest BCUT2D eigenvalue weighted by molar-refractivity contribution is 0.0734. The molecule has 0 aliphatic carbocycles. The number of amides is 1. The number of pyridine rings is 1. The summed E-state index contributed by atoms with van der Waals surface area (Å²) in [7, 11) is 0. The molecule has 2 aromatic rings. The molecule has 2 aliphatic heterocycles. The van der Waals surface area contributed by atoms with E-state index in [4.69, 9.17) is 9.47 Å². The summed E-state index contributed by atoms with van der Waals surface area (Å²) in [6.45, 7) is 1.37. The van der Waals surface area contributed by atoms with Crippen LogP contribution in [0, 0.1) is 0 Å². The second-order valence-corrected chi connectivity index (χ2v) is 6.51. The van der Waals surface area contributed by atoms with E-state index in [1.807, 2.05) is 6.07 Å². The molecule has 1 fully saturated rings. The van der Waals surface area contributed by atoms with Gasteiger partial charge in [0.2, 0.25) is 5.78 Å². The number of ether oxygens (including phenoxy) is 2. The second kappa shape index (κ2) is 6.64. The number of aromatic nitrogens is 1. The van der Waals surface area contributed by atoms with Crippen LogP contribution < -0.4 is 9.64 Å². The first kappa shape index (κ1) is 17.4. The highest BCUT2D eigenvalue weighted by Gasteiger charge is 2.46. The number of benzene rings is 1. The molecule has 2 aliphatic rings. The molecule has 1 aromatic heterocycles. The number of rotatable bonds is 4. The minimum atomic E-state index is -1.10. The average molecular weight is 370 g/mol. The lowest BCUT2D eigenvalue weighted by atomic mass is 10.0. The number of hydrogen-bond acceptors (Lipinski definition) is 7. The van der Waals surface area contributed by atoms with Crippen molar-refractivity contribution in [1.29, 1.82) is 0 Å². The molecule has 27 heavy (non-hydrogen) atoms. The Hall–Kier alpha value is -2.97. The van der Waals surface area contributed by atoms with Crippen LogP contribution in [0.3, 0.4) is 0 Å². The number of hydrogen-bond donors (Lipinski definition) is 2. The van der Waals surface area contributed by atoms with Crippen LogP contribution in [-0.4, -0.2) is 58.5 Å². The first-order valence-electron chi connectivity index (χ1n) is 8.56. The van der Waals surface area contributed by atoms with Crippen molar-refractivity contribution < 1.29 is 29.3 Å². The molecule has 0 spiro atoms. The molecule has 3 atom stereocenters. The first-order valence-corrected chi connectivity index (χ1v) is 8.56. The molecular formula is C19H18N2O6. The van der Waals surface area contributed by atoms with Crippen molar-refractivity contribution in [3.8, 4) is 16.9 Å². The van der Waals surface area contributed by atoms with E-state index in [-0.39, 0.29) is 24.9 Å². The topological polar surface area (TPSA) is 109 Å². The van der Waals surface area contributed by atoms with Crippen molar-refractivity contribution in [2.45, 2.75) is 25.2 Å². The van der Waals surface area contributed by atoms with E-state index in [1.54, 1.807) is 30.5 Å². The van der Waals surface area contributed by atoms with Gasteiger partial charge in [-0.3, -0.25) is 14.7 Å². The van der Waals surface area contributed by atoms with Gasteiger partial charge in [0, 0.05) is 11.8 Å². The highest BCUT2D eigenvalue weighted by molar-refractivity contribution is 5.97. The summed E-state index contributed by atoms with van der Waals surface area (Å²) >= 11 is 0. The molecule has 3 heterocycles. The smallest absolute Gasteiger partial charge is 0.415 e. The molecule has 4 rings (SSSR count). The van der Waals surface area contributed by atoms with Gasteiger partial charge in [0.1, 0.15) is 30.2 Å². The van der Waals surface area contributed by atoms with Crippen molar-refractivity contribution >= 4 is 17.6 Å². The Morgan fingerprint density at radius 2 is 2.11 bits per heavy atom. The molecular weight excluding hydrogens is 352 g/mol. The van der Waals surface area contributed by atoms with E-state index < -0.39 is 24.1 Å². The van der Waals surface area contributed by atoms with E-state index in [9.17, 15) is 19.8 Å². The lowest BCUT2D eigenvalue weighted by Gasteiger charge is -2.31. The number of carbonyl (C=O) groups excluding carboxylic acids is 2. The Morgan fingerprint density at radius 3 is 2.78 bits per heavy atom. The maximum Gasteiger partial charge on any atom is 0.415 e. The summed E-state index contributed by atoms with van der Waals surface area (Å²) < 4.78 is 11.0. The minimum absolute atomic E-state index is 0.195. The van der Waals surface area contributed by atoms with Crippen LogP contribution in [-0.2, 0) is 4.74 Å². The van der Waals surface area contributed by atoms with Gasteiger partial charge in [0.25, 0.3) is 0 Å². The third kappa shape index (κ3) is 2.92. The summed E-state index contributed by atoms with van der Waals surface area (Å²) in [6, 6.07) is 8.31.